The second-order valence-corrected chi connectivity index (χ2v) is 5.59. The Bertz CT molecular complexity index is 883. The number of carboxylic acids is 1. The summed E-state index contributed by atoms with van der Waals surface area (Å²) < 4.78 is 0. The lowest BCUT2D eigenvalue weighted by Crippen LogP contribution is -2.05. The molecule has 0 aliphatic rings. The van der Waals surface area contributed by atoms with Gasteiger partial charge in [0.25, 0.3) is 0 Å². The van der Waals surface area contributed by atoms with Crippen molar-refractivity contribution < 1.29 is 9.90 Å². The van der Waals surface area contributed by atoms with Crippen LogP contribution < -0.4 is 0 Å². The highest BCUT2D eigenvalue weighted by Crippen LogP contribution is 2.32. The van der Waals surface area contributed by atoms with Crippen LogP contribution in [0.15, 0.2) is 54.7 Å². The van der Waals surface area contributed by atoms with Crippen molar-refractivity contribution in [2.45, 2.75) is 0 Å². The first-order chi connectivity index (χ1) is 11.1. The minimum atomic E-state index is -1.12. The Morgan fingerprint density at radius 3 is 2.43 bits per heavy atom. The summed E-state index contributed by atoms with van der Waals surface area (Å²) >= 11 is 12.1. The molecule has 3 aromatic rings. The lowest BCUT2D eigenvalue weighted by molar-refractivity contribution is 0.0697. The second kappa shape index (κ2) is 6.36. The molecule has 1 heterocycles. The smallest absolute Gasteiger partial charge is 0.339 e. The highest BCUT2D eigenvalue weighted by molar-refractivity contribution is 6.36. The van der Waals surface area contributed by atoms with Crippen molar-refractivity contribution in [3.05, 3.63) is 70.3 Å². The Morgan fingerprint density at radius 1 is 1.04 bits per heavy atom. The SMILES string of the molecule is O=C(O)c1cnc(-c2ccccc2)nc1-c1ccc(Cl)cc1Cl. The van der Waals surface area contributed by atoms with Crippen LogP contribution in [0.3, 0.4) is 0 Å². The molecule has 0 bridgehead atoms. The van der Waals surface area contributed by atoms with Gasteiger partial charge in [-0.3, -0.25) is 0 Å². The average molecular weight is 345 g/mol. The summed E-state index contributed by atoms with van der Waals surface area (Å²) in [4.78, 5) is 20.0. The molecule has 0 saturated carbocycles. The molecule has 0 fully saturated rings. The van der Waals surface area contributed by atoms with Gasteiger partial charge >= 0.3 is 5.97 Å². The third kappa shape index (κ3) is 3.18. The van der Waals surface area contributed by atoms with Crippen molar-refractivity contribution >= 4 is 29.2 Å². The van der Waals surface area contributed by atoms with E-state index in [0.717, 1.165) is 5.56 Å². The van der Waals surface area contributed by atoms with E-state index in [0.29, 0.717) is 21.4 Å². The van der Waals surface area contributed by atoms with Gasteiger partial charge in [0.1, 0.15) is 5.56 Å². The molecule has 0 aliphatic heterocycles. The van der Waals surface area contributed by atoms with E-state index in [-0.39, 0.29) is 11.3 Å². The van der Waals surface area contributed by atoms with E-state index in [4.69, 9.17) is 23.2 Å². The van der Waals surface area contributed by atoms with Crippen LogP contribution in [0.25, 0.3) is 22.6 Å². The Balaban J connectivity index is 2.22. The van der Waals surface area contributed by atoms with Gasteiger partial charge in [-0.15, -0.1) is 0 Å². The quantitative estimate of drug-likeness (QED) is 0.739. The van der Waals surface area contributed by atoms with Gasteiger partial charge in [0.05, 0.1) is 10.7 Å². The average Bonchev–Trinajstić information content (AvgIpc) is 2.55. The fourth-order valence-electron chi connectivity index (χ4n) is 2.15. The maximum atomic E-state index is 11.5. The third-order valence-electron chi connectivity index (χ3n) is 3.24. The molecular weight excluding hydrogens is 335 g/mol. The Labute approximate surface area is 142 Å². The van der Waals surface area contributed by atoms with Crippen LogP contribution in [0.1, 0.15) is 10.4 Å². The predicted molar refractivity (Wildman–Crippen MR) is 89.9 cm³/mol. The molecule has 0 unspecified atom stereocenters. The summed E-state index contributed by atoms with van der Waals surface area (Å²) in [6, 6.07) is 14.1. The van der Waals surface area contributed by atoms with Gasteiger partial charge in [-0.05, 0) is 18.2 Å². The molecule has 0 radical (unpaired) electrons. The van der Waals surface area contributed by atoms with E-state index >= 15 is 0 Å². The van der Waals surface area contributed by atoms with Gasteiger partial charge < -0.3 is 5.11 Å². The predicted octanol–water partition coefficient (Wildman–Crippen LogP) is 4.82. The van der Waals surface area contributed by atoms with Crippen LogP contribution in [0, 0.1) is 0 Å². The number of nitrogens with zero attached hydrogens (tertiary/aromatic N) is 2. The monoisotopic (exact) mass is 344 g/mol. The molecule has 0 amide bonds. The minimum Gasteiger partial charge on any atom is -0.478 e. The molecular formula is C17H10Cl2N2O2. The number of aromatic nitrogens is 2. The van der Waals surface area contributed by atoms with Crippen LogP contribution in [0.4, 0.5) is 0 Å². The van der Waals surface area contributed by atoms with Crippen molar-refractivity contribution in [1.29, 1.82) is 0 Å². The zero-order valence-electron chi connectivity index (χ0n) is 11.7. The summed E-state index contributed by atoms with van der Waals surface area (Å²) in [6.45, 7) is 0. The summed E-state index contributed by atoms with van der Waals surface area (Å²) in [7, 11) is 0. The van der Waals surface area contributed by atoms with Gasteiger partial charge in [-0.2, -0.15) is 0 Å². The summed E-state index contributed by atoms with van der Waals surface area (Å²) in [5.74, 6) is -0.692. The molecule has 4 nitrogen and oxygen atoms in total. The Morgan fingerprint density at radius 2 is 1.78 bits per heavy atom. The molecule has 114 valence electrons. The van der Waals surface area contributed by atoms with Crippen molar-refractivity contribution in [1.82, 2.24) is 9.97 Å². The lowest BCUT2D eigenvalue weighted by atomic mass is 10.1. The highest BCUT2D eigenvalue weighted by atomic mass is 35.5. The van der Waals surface area contributed by atoms with Crippen LogP contribution in [0.2, 0.25) is 10.0 Å². The molecule has 0 aliphatic carbocycles. The molecule has 0 spiro atoms. The van der Waals surface area contributed by atoms with Crippen molar-refractivity contribution in [3.63, 3.8) is 0 Å². The number of benzene rings is 2. The first kappa shape index (κ1) is 15.5. The minimum absolute atomic E-state index is 0.0195. The van der Waals surface area contributed by atoms with E-state index in [2.05, 4.69) is 9.97 Å². The largest absolute Gasteiger partial charge is 0.478 e. The van der Waals surface area contributed by atoms with Gasteiger partial charge in [-0.25, -0.2) is 14.8 Å². The standard InChI is InChI=1S/C17H10Cl2N2O2/c18-11-6-7-12(14(19)8-11)15-13(17(22)23)9-20-16(21-15)10-4-2-1-3-5-10/h1-9H,(H,22,23). The number of hydrogen-bond acceptors (Lipinski definition) is 3. The van der Waals surface area contributed by atoms with Gasteiger partial charge in [0.2, 0.25) is 0 Å². The number of aromatic carboxylic acids is 1. The van der Waals surface area contributed by atoms with Crippen LogP contribution in [-0.2, 0) is 0 Å². The van der Waals surface area contributed by atoms with E-state index in [9.17, 15) is 9.90 Å². The first-order valence-electron chi connectivity index (χ1n) is 6.67. The molecule has 1 aromatic heterocycles. The van der Waals surface area contributed by atoms with E-state index in [1.54, 1.807) is 18.2 Å². The molecule has 6 heteroatoms. The Hall–Kier alpha value is -2.43. The zero-order chi connectivity index (χ0) is 16.4. The maximum absolute atomic E-state index is 11.5. The zero-order valence-corrected chi connectivity index (χ0v) is 13.2. The maximum Gasteiger partial charge on any atom is 0.339 e. The molecule has 0 saturated heterocycles. The van der Waals surface area contributed by atoms with Crippen molar-refractivity contribution in [2.24, 2.45) is 0 Å². The number of carboxylic acid groups (broad SMARTS) is 1. The lowest BCUT2D eigenvalue weighted by Gasteiger charge is -2.09. The molecule has 23 heavy (non-hydrogen) atoms. The van der Waals surface area contributed by atoms with Crippen molar-refractivity contribution in [2.75, 3.05) is 0 Å². The Kier molecular flexibility index (Phi) is 4.28. The number of rotatable bonds is 3. The fraction of sp³-hybridized carbons (Fsp3) is 0. The molecule has 1 N–H and O–H groups in total. The van der Waals surface area contributed by atoms with Crippen LogP contribution >= 0.6 is 23.2 Å². The number of carbonyl (C=O) groups is 1. The number of hydrogen-bond donors (Lipinski definition) is 1. The van der Waals surface area contributed by atoms with E-state index in [1.165, 1.54) is 6.20 Å². The van der Waals surface area contributed by atoms with Crippen LogP contribution in [-0.4, -0.2) is 21.0 Å². The first-order valence-corrected chi connectivity index (χ1v) is 7.43. The topological polar surface area (TPSA) is 63.1 Å². The molecule has 2 aromatic carbocycles. The fourth-order valence-corrected chi connectivity index (χ4v) is 2.65. The normalized spacial score (nSPS) is 10.5. The van der Waals surface area contributed by atoms with Crippen molar-refractivity contribution in [3.8, 4) is 22.6 Å². The van der Waals surface area contributed by atoms with E-state index in [1.807, 2.05) is 30.3 Å². The third-order valence-corrected chi connectivity index (χ3v) is 3.79. The van der Waals surface area contributed by atoms with Gasteiger partial charge in [0, 0.05) is 22.3 Å². The molecule has 0 atom stereocenters. The van der Waals surface area contributed by atoms with Crippen LogP contribution in [0.5, 0.6) is 0 Å². The highest BCUT2D eigenvalue weighted by Gasteiger charge is 2.18. The summed E-state index contributed by atoms with van der Waals surface area (Å²) in [5, 5.41) is 10.2. The second-order valence-electron chi connectivity index (χ2n) is 4.75. The summed E-state index contributed by atoms with van der Waals surface area (Å²) in [5.41, 5.74) is 1.52. The van der Waals surface area contributed by atoms with Gasteiger partial charge in [-0.1, -0.05) is 53.5 Å². The molecule has 3 rings (SSSR count). The van der Waals surface area contributed by atoms with E-state index < -0.39 is 5.97 Å². The number of halogens is 2. The summed E-state index contributed by atoms with van der Waals surface area (Å²) in [6.07, 6.45) is 1.29. The van der Waals surface area contributed by atoms with Gasteiger partial charge in [0.15, 0.2) is 5.82 Å².